The van der Waals surface area contributed by atoms with E-state index in [0.717, 1.165) is 0 Å². The Balaban J connectivity index is 1.91. The number of anilines is 1. The number of carbonyl (C=O) groups is 2. The first kappa shape index (κ1) is 16.9. The fourth-order valence-corrected chi connectivity index (χ4v) is 4.31. The van der Waals surface area contributed by atoms with Crippen molar-refractivity contribution in [3.63, 3.8) is 0 Å². The summed E-state index contributed by atoms with van der Waals surface area (Å²) >= 11 is -1.66. The quantitative estimate of drug-likeness (QED) is 0.332. The Bertz CT molecular complexity index is 957. The zero-order valence-electron chi connectivity index (χ0n) is 12.9. The molecule has 2 aromatic rings. The van der Waals surface area contributed by atoms with E-state index in [4.69, 9.17) is 19.9 Å². The Morgan fingerprint density at radius 1 is 1.38 bits per heavy atom. The van der Waals surface area contributed by atoms with Gasteiger partial charge in [-0.25, -0.2) is 0 Å². The Labute approximate surface area is 155 Å². The van der Waals surface area contributed by atoms with Crippen LogP contribution in [0.4, 0.5) is 15.4 Å². The van der Waals surface area contributed by atoms with Crippen LogP contribution in [0, 0.1) is 11.3 Å². The molecule has 0 spiro atoms. The molecule has 2 aromatic heterocycles. The van der Waals surface area contributed by atoms with Gasteiger partial charge in [0.2, 0.25) is 0 Å². The van der Waals surface area contributed by atoms with Gasteiger partial charge >= 0.3 is 156 Å². The Kier molecular flexibility index (Phi) is 3.93. The summed E-state index contributed by atoms with van der Waals surface area (Å²) in [5.41, 5.74) is 4.63. The van der Waals surface area contributed by atoms with Gasteiger partial charge in [0.25, 0.3) is 0 Å². The second-order valence-corrected chi connectivity index (χ2v) is 7.84. The Morgan fingerprint density at radius 2 is 2.15 bits per heavy atom. The third kappa shape index (κ3) is 2.31. The number of nitrogens with two attached hydrogens (primary N) is 1. The molecule has 2 saturated heterocycles. The van der Waals surface area contributed by atoms with Gasteiger partial charge in [-0.3, -0.25) is 0 Å². The zero-order chi connectivity index (χ0) is 18.5. The molecule has 11 nitrogen and oxygen atoms in total. The molecule has 4 atom stereocenters. The van der Waals surface area contributed by atoms with E-state index in [1.807, 2.05) is 6.07 Å². The second-order valence-electron chi connectivity index (χ2n) is 5.54. The number of fused-ring (bicyclic) bond motifs is 2. The molecule has 0 aliphatic carbocycles. The zero-order valence-corrected chi connectivity index (χ0v) is 15.1. The fourth-order valence-electron chi connectivity index (χ4n) is 3.13. The minimum absolute atomic E-state index is 0.183. The average Bonchev–Trinajstić information content (AvgIpc) is 3.12. The van der Waals surface area contributed by atoms with E-state index in [9.17, 15) is 20.0 Å². The number of rotatable bonds is 2. The van der Waals surface area contributed by atoms with Gasteiger partial charge in [0.15, 0.2) is 0 Å². The Morgan fingerprint density at radius 3 is 2.88 bits per heavy atom. The predicted molar refractivity (Wildman–Crippen MR) is 77.2 cm³/mol. The maximum atomic E-state index is 12.0. The average molecular weight is 472 g/mol. The fraction of sp³-hybridized carbons (Fsp3) is 0.357. The van der Waals surface area contributed by atoms with Gasteiger partial charge in [0.1, 0.15) is 0 Å². The SMILES string of the molecule is N#C[C@@]1(c2ccc3c(N)ncnn23)O[C@H](CO)[C@H]2OC(=O)[I-]C(=O)O[C@H]21. The number of halogens is 1. The van der Waals surface area contributed by atoms with Gasteiger partial charge in [-0.2, -0.15) is 0 Å². The molecule has 0 bridgehead atoms. The van der Waals surface area contributed by atoms with Crippen molar-refractivity contribution in [2.45, 2.75) is 23.9 Å². The van der Waals surface area contributed by atoms with E-state index in [1.54, 1.807) is 6.07 Å². The molecular formula is C14H11IN5O6-. The Hall–Kier alpha value is -2.50. The van der Waals surface area contributed by atoms with Crippen LogP contribution in [0.25, 0.3) is 5.52 Å². The van der Waals surface area contributed by atoms with Crippen LogP contribution in [0.1, 0.15) is 5.69 Å². The third-order valence-electron chi connectivity index (χ3n) is 4.21. The molecule has 12 heteroatoms. The first-order valence-corrected chi connectivity index (χ1v) is 9.50. The van der Waals surface area contributed by atoms with Crippen molar-refractivity contribution in [3.8, 4) is 6.07 Å². The van der Waals surface area contributed by atoms with Crippen LogP contribution in [0.5, 0.6) is 0 Å². The minimum atomic E-state index is -1.84. The van der Waals surface area contributed by atoms with E-state index in [1.165, 1.54) is 16.9 Å². The summed E-state index contributed by atoms with van der Waals surface area (Å²) < 4.78 is 16.3. The van der Waals surface area contributed by atoms with Crippen LogP contribution in [0.3, 0.4) is 0 Å². The number of carbonyl (C=O) groups excluding carboxylic acids is 2. The topological polar surface area (TPSA) is 162 Å². The molecule has 0 saturated carbocycles. The number of ether oxygens (including phenoxy) is 3. The number of nitriles is 1. The van der Waals surface area contributed by atoms with E-state index < -0.39 is 59.7 Å². The van der Waals surface area contributed by atoms with E-state index in [0.29, 0.717) is 5.52 Å². The van der Waals surface area contributed by atoms with Crippen LogP contribution in [-0.4, -0.2) is 52.6 Å². The van der Waals surface area contributed by atoms with Crippen LogP contribution in [0.2, 0.25) is 0 Å². The number of aliphatic hydroxyl groups is 1. The summed E-state index contributed by atoms with van der Waals surface area (Å²) in [5, 5.41) is 23.6. The molecular weight excluding hydrogens is 461 g/mol. The number of nitrogen functional groups attached to an aromatic ring is 1. The summed E-state index contributed by atoms with van der Waals surface area (Å²) in [5.74, 6) is 0.183. The van der Waals surface area contributed by atoms with Gasteiger partial charge in [-0.15, -0.1) is 0 Å². The molecule has 0 unspecified atom stereocenters. The van der Waals surface area contributed by atoms with Gasteiger partial charge in [-0.1, -0.05) is 0 Å². The van der Waals surface area contributed by atoms with Crippen molar-refractivity contribution in [1.82, 2.24) is 14.6 Å². The molecule has 2 aliphatic rings. The molecule has 0 radical (unpaired) electrons. The summed E-state index contributed by atoms with van der Waals surface area (Å²) in [4.78, 5) is 27.6. The molecule has 4 heterocycles. The van der Waals surface area contributed by atoms with E-state index >= 15 is 0 Å². The number of aromatic nitrogens is 3. The van der Waals surface area contributed by atoms with Crippen LogP contribution < -0.4 is 26.9 Å². The molecule has 0 amide bonds. The molecule has 4 rings (SSSR count). The van der Waals surface area contributed by atoms with Crippen molar-refractivity contribution in [2.75, 3.05) is 12.3 Å². The monoisotopic (exact) mass is 472 g/mol. The second kappa shape index (κ2) is 6.04. The van der Waals surface area contributed by atoms with Gasteiger partial charge in [-0.05, 0) is 0 Å². The summed E-state index contributed by atoms with van der Waals surface area (Å²) in [6.45, 7) is -0.534. The first-order chi connectivity index (χ1) is 12.5. The van der Waals surface area contributed by atoms with Crippen molar-refractivity contribution >= 4 is 19.3 Å². The van der Waals surface area contributed by atoms with Gasteiger partial charge in [0, 0.05) is 0 Å². The molecule has 3 N–H and O–H groups in total. The number of hydrogen-bond acceptors (Lipinski definition) is 10. The number of aliphatic hydroxyl groups excluding tert-OH is 1. The molecule has 0 aromatic carbocycles. The molecule has 2 aliphatic heterocycles. The van der Waals surface area contributed by atoms with Crippen molar-refractivity contribution < 1.29 is 50.1 Å². The normalized spacial score (nSPS) is 31.3. The summed E-state index contributed by atoms with van der Waals surface area (Å²) in [6, 6.07) is 5.13. The number of nitrogens with zero attached hydrogens (tertiary/aromatic N) is 4. The molecule has 136 valence electrons. The summed E-state index contributed by atoms with van der Waals surface area (Å²) in [6.07, 6.45) is -2.19. The van der Waals surface area contributed by atoms with Crippen molar-refractivity contribution in [1.29, 1.82) is 5.26 Å². The third-order valence-corrected chi connectivity index (χ3v) is 5.60. The van der Waals surface area contributed by atoms with Crippen molar-refractivity contribution in [3.05, 3.63) is 24.2 Å². The van der Waals surface area contributed by atoms with E-state index in [-0.39, 0.29) is 11.5 Å². The van der Waals surface area contributed by atoms with Crippen LogP contribution in [-0.2, 0) is 19.8 Å². The van der Waals surface area contributed by atoms with E-state index in [2.05, 4.69) is 10.1 Å². The predicted octanol–water partition coefficient (Wildman–Crippen LogP) is -3.47. The van der Waals surface area contributed by atoms with Gasteiger partial charge in [0.05, 0.1) is 0 Å². The van der Waals surface area contributed by atoms with Crippen LogP contribution >= 0.6 is 0 Å². The molecule has 2 fully saturated rings. The van der Waals surface area contributed by atoms with Crippen LogP contribution in [0.15, 0.2) is 18.5 Å². The standard InChI is InChI=1S/C14H11IN5O6/c16-4-14(8-2-1-6-11(17)18-5-19-20(6)8)10-9(7(3-21)26-14)24-12(22)15-13(23)25-10/h1-2,5,7,9-10,21H,3H2,(H2,17,18,19)/q-1/t7-,9-,10-,14+/m1/s1. The van der Waals surface area contributed by atoms with Crippen molar-refractivity contribution in [2.24, 2.45) is 0 Å². The molecule has 26 heavy (non-hydrogen) atoms. The number of hydrogen-bond donors (Lipinski definition) is 2. The van der Waals surface area contributed by atoms with Gasteiger partial charge < -0.3 is 0 Å². The first-order valence-electron chi connectivity index (χ1n) is 7.35. The summed E-state index contributed by atoms with van der Waals surface area (Å²) in [7, 11) is 0. The maximum absolute atomic E-state index is 12.0.